The van der Waals surface area contributed by atoms with Crippen molar-refractivity contribution in [1.82, 2.24) is 24.4 Å². The topological polar surface area (TPSA) is 70.8 Å². The maximum Gasteiger partial charge on any atom is 0.255 e. The summed E-state index contributed by atoms with van der Waals surface area (Å²) in [6.07, 6.45) is 0.954. The fourth-order valence-corrected chi connectivity index (χ4v) is 4.43. The van der Waals surface area contributed by atoms with Gasteiger partial charge in [-0.2, -0.15) is 5.10 Å². The number of nitrogens with zero attached hydrogens (tertiary/aromatic N) is 5. The molecule has 0 bridgehead atoms. The first-order valence-electron chi connectivity index (χ1n) is 10.6. The molecule has 0 N–H and O–H groups in total. The average molecular weight is 458 g/mol. The summed E-state index contributed by atoms with van der Waals surface area (Å²) in [7, 11) is 0. The summed E-state index contributed by atoms with van der Waals surface area (Å²) in [6, 6.07) is 5.69. The van der Waals surface area contributed by atoms with E-state index >= 15 is 0 Å². The number of aryl methyl sites for hydroxylation is 3. The molecule has 0 atom stereocenters. The van der Waals surface area contributed by atoms with Gasteiger partial charge in [-0.05, 0) is 51.0 Å². The summed E-state index contributed by atoms with van der Waals surface area (Å²) in [6.45, 7) is 7.63. The molecule has 3 heterocycles. The highest BCUT2D eigenvalue weighted by Gasteiger charge is 2.26. The molecule has 0 spiro atoms. The van der Waals surface area contributed by atoms with Gasteiger partial charge in [0.15, 0.2) is 5.65 Å². The van der Waals surface area contributed by atoms with E-state index in [-0.39, 0.29) is 22.4 Å². The van der Waals surface area contributed by atoms with Gasteiger partial charge in [-0.3, -0.25) is 9.59 Å². The third-order valence-electron chi connectivity index (χ3n) is 5.96. The fraction of sp³-hybridized carbons (Fsp3) is 0.391. The zero-order valence-electron chi connectivity index (χ0n) is 18.4. The van der Waals surface area contributed by atoms with Crippen LogP contribution >= 0.6 is 11.6 Å². The predicted molar refractivity (Wildman–Crippen MR) is 119 cm³/mol. The van der Waals surface area contributed by atoms with E-state index in [1.165, 1.54) is 12.1 Å². The SMILES string of the molecule is Cc1cc2nc(C)c(CCC(=O)N3CCN(C(=O)c4ccc(F)cc4Cl)CC3)c(C)n2n1. The number of hydrogen-bond donors (Lipinski definition) is 0. The second kappa shape index (κ2) is 8.86. The number of hydrogen-bond acceptors (Lipinski definition) is 4. The van der Waals surface area contributed by atoms with Crippen molar-refractivity contribution >= 4 is 29.1 Å². The zero-order chi connectivity index (χ0) is 23.0. The number of aromatic nitrogens is 3. The number of rotatable bonds is 4. The molecule has 0 saturated carbocycles. The van der Waals surface area contributed by atoms with Crippen LogP contribution in [0.15, 0.2) is 24.3 Å². The van der Waals surface area contributed by atoms with Gasteiger partial charge in [0.1, 0.15) is 5.82 Å². The van der Waals surface area contributed by atoms with Gasteiger partial charge in [-0.1, -0.05) is 11.6 Å². The van der Waals surface area contributed by atoms with E-state index in [2.05, 4.69) is 10.1 Å². The normalized spacial score (nSPS) is 14.3. The summed E-state index contributed by atoms with van der Waals surface area (Å²) in [5, 5.41) is 4.58. The largest absolute Gasteiger partial charge is 0.339 e. The summed E-state index contributed by atoms with van der Waals surface area (Å²) in [4.78, 5) is 33.6. The number of carbonyl (C=O) groups is 2. The lowest BCUT2D eigenvalue weighted by molar-refractivity contribution is -0.132. The van der Waals surface area contributed by atoms with Crippen LogP contribution < -0.4 is 0 Å². The van der Waals surface area contributed by atoms with Crippen LogP contribution in [0.2, 0.25) is 5.02 Å². The average Bonchev–Trinajstić information content (AvgIpc) is 3.13. The highest BCUT2D eigenvalue weighted by Crippen LogP contribution is 2.21. The molecule has 2 aromatic heterocycles. The Labute approximate surface area is 190 Å². The van der Waals surface area contributed by atoms with E-state index in [9.17, 15) is 14.0 Å². The molecule has 3 aromatic rings. The summed E-state index contributed by atoms with van der Waals surface area (Å²) >= 11 is 6.02. The maximum absolute atomic E-state index is 13.3. The van der Waals surface area contributed by atoms with E-state index in [1.807, 2.05) is 31.4 Å². The van der Waals surface area contributed by atoms with Crippen LogP contribution in [0, 0.1) is 26.6 Å². The van der Waals surface area contributed by atoms with Crippen LogP contribution in [0.4, 0.5) is 4.39 Å². The minimum Gasteiger partial charge on any atom is -0.339 e. The number of carbonyl (C=O) groups excluding carboxylic acids is 2. The van der Waals surface area contributed by atoms with Crippen LogP contribution in [0.25, 0.3) is 5.65 Å². The highest BCUT2D eigenvalue weighted by atomic mass is 35.5. The number of halogens is 2. The van der Waals surface area contributed by atoms with Crippen LogP contribution in [-0.4, -0.2) is 62.4 Å². The number of amides is 2. The van der Waals surface area contributed by atoms with Gasteiger partial charge in [-0.15, -0.1) is 0 Å². The molecular weight excluding hydrogens is 433 g/mol. The van der Waals surface area contributed by atoms with Gasteiger partial charge >= 0.3 is 0 Å². The van der Waals surface area contributed by atoms with Gasteiger partial charge in [0.05, 0.1) is 16.3 Å². The van der Waals surface area contributed by atoms with Crippen LogP contribution in [-0.2, 0) is 11.2 Å². The molecule has 7 nitrogen and oxygen atoms in total. The van der Waals surface area contributed by atoms with Crippen molar-refractivity contribution in [3.63, 3.8) is 0 Å². The van der Waals surface area contributed by atoms with Crippen molar-refractivity contribution in [1.29, 1.82) is 0 Å². The summed E-state index contributed by atoms with van der Waals surface area (Å²) in [5.41, 5.74) is 4.94. The van der Waals surface area contributed by atoms with E-state index in [0.29, 0.717) is 39.0 Å². The smallest absolute Gasteiger partial charge is 0.255 e. The van der Waals surface area contributed by atoms with Gasteiger partial charge < -0.3 is 9.80 Å². The molecule has 1 aliphatic heterocycles. The molecule has 0 radical (unpaired) electrons. The van der Waals surface area contributed by atoms with Crippen molar-refractivity contribution in [2.24, 2.45) is 0 Å². The van der Waals surface area contributed by atoms with Crippen LogP contribution in [0.1, 0.15) is 39.4 Å². The van der Waals surface area contributed by atoms with Crippen molar-refractivity contribution in [2.45, 2.75) is 33.6 Å². The Morgan fingerprint density at radius 3 is 2.44 bits per heavy atom. The van der Waals surface area contributed by atoms with Crippen molar-refractivity contribution < 1.29 is 14.0 Å². The van der Waals surface area contributed by atoms with Crippen molar-refractivity contribution in [3.05, 3.63) is 63.3 Å². The van der Waals surface area contributed by atoms with E-state index in [1.54, 1.807) is 9.80 Å². The fourth-order valence-electron chi connectivity index (χ4n) is 4.19. The van der Waals surface area contributed by atoms with E-state index in [4.69, 9.17) is 11.6 Å². The lowest BCUT2D eigenvalue weighted by atomic mass is 10.1. The molecule has 0 aliphatic carbocycles. The Kier molecular flexibility index (Phi) is 6.15. The Hall–Kier alpha value is -3.00. The molecule has 4 rings (SSSR count). The molecule has 32 heavy (non-hydrogen) atoms. The quantitative estimate of drug-likeness (QED) is 0.602. The number of piperazine rings is 1. The predicted octanol–water partition coefficient (Wildman–Crippen LogP) is 3.36. The molecule has 1 fully saturated rings. The van der Waals surface area contributed by atoms with Crippen LogP contribution in [0.5, 0.6) is 0 Å². The molecule has 1 saturated heterocycles. The first kappa shape index (κ1) is 22.2. The Morgan fingerprint density at radius 1 is 1.06 bits per heavy atom. The van der Waals surface area contributed by atoms with Gasteiger partial charge in [0.25, 0.3) is 5.91 Å². The van der Waals surface area contributed by atoms with Crippen molar-refractivity contribution in [3.8, 4) is 0 Å². The Balaban J connectivity index is 1.36. The van der Waals surface area contributed by atoms with E-state index in [0.717, 1.165) is 34.4 Å². The molecular formula is C23H25ClFN5O2. The highest BCUT2D eigenvalue weighted by molar-refractivity contribution is 6.33. The first-order chi connectivity index (χ1) is 15.2. The van der Waals surface area contributed by atoms with Gasteiger partial charge in [-0.25, -0.2) is 13.9 Å². The first-order valence-corrected chi connectivity index (χ1v) is 11.0. The number of fused-ring (bicyclic) bond motifs is 1. The maximum atomic E-state index is 13.3. The summed E-state index contributed by atoms with van der Waals surface area (Å²) < 4.78 is 15.1. The molecule has 168 valence electrons. The lowest BCUT2D eigenvalue weighted by Crippen LogP contribution is -2.50. The van der Waals surface area contributed by atoms with E-state index < -0.39 is 5.82 Å². The Morgan fingerprint density at radius 2 is 1.75 bits per heavy atom. The Bertz CT molecular complexity index is 1200. The molecule has 0 unspecified atom stereocenters. The second-order valence-corrected chi connectivity index (χ2v) is 8.52. The minimum absolute atomic E-state index is 0.0486. The monoisotopic (exact) mass is 457 g/mol. The molecule has 2 amide bonds. The number of benzene rings is 1. The third kappa shape index (κ3) is 4.32. The minimum atomic E-state index is -0.482. The lowest BCUT2D eigenvalue weighted by Gasteiger charge is -2.35. The molecule has 9 heteroatoms. The molecule has 1 aromatic carbocycles. The van der Waals surface area contributed by atoms with Crippen LogP contribution in [0.3, 0.4) is 0 Å². The molecule has 1 aliphatic rings. The van der Waals surface area contributed by atoms with Gasteiger partial charge in [0.2, 0.25) is 5.91 Å². The second-order valence-electron chi connectivity index (χ2n) is 8.11. The third-order valence-corrected chi connectivity index (χ3v) is 6.27. The standard InChI is InChI=1S/C23H25ClFN5O2/c1-14-12-21-26-15(2)18(16(3)30(21)27-14)6-7-22(31)28-8-10-29(11-9-28)23(32)19-5-4-17(25)13-20(19)24/h4-5,12-13H,6-11H2,1-3H3. The summed E-state index contributed by atoms with van der Waals surface area (Å²) in [5.74, 6) is -0.681. The van der Waals surface area contributed by atoms with Gasteiger partial charge in [0, 0.05) is 50.1 Å². The zero-order valence-corrected chi connectivity index (χ0v) is 19.1. The van der Waals surface area contributed by atoms with Crippen molar-refractivity contribution in [2.75, 3.05) is 26.2 Å².